The zero-order valence-corrected chi connectivity index (χ0v) is 14.5. The van der Waals surface area contributed by atoms with Crippen molar-refractivity contribution in [3.63, 3.8) is 0 Å². The number of ether oxygens (including phenoxy) is 1. The molecule has 0 fully saturated rings. The molecule has 0 amide bonds. The largest absolute Gasteiger partial charge is 0.503 e. The summed E-state index contributed by atoms with van der Waals surface area (Å²) in [7, 11) is 1.53. The van der Waals surface area contributed by atoms with Crippen LogP contribution in [0.25, 0.3) is 0 Å². The summed E-state index contributed by atoms with van der Waals surface area (Å²) in [6, 6.07) is 11.5. The third-order valence-corrected chi connectivity index (χ3v) is 5.15. The molecule has 0 saturated carbocycles. The van der Waals surface area contributed by atoms with E-state index >= 15 is 0 Å². The van der Waals surface area contributed by atoms with E-state index in [0.29, 0.717) is 29.7 Å². The van der Waals surface area contributed by atoms with E-state index in [2.05, 4.69) is 15.9 Å². The van der Waals surface area contributed by atoms with Gasteiger partial charge in [0.05, 0.1) is 11.6 Å². The number of methoxy groups -OCH3 is 1. The quantitative estimate of drug-likeness (QED) is 0.813. The van der Waals surface area contributed by atoms with Gasteiger partial charge in [0.25, 0.3) is 0 Å². The number of alkyl halides is 1. The smallest absolute Gasteiger partial charge is 0.172 e. The first-order valence-electron chi connectivity index (χ1n) is 7.59. The summed E-state index contributed by atoms with van der Waals surface area (Å²) in [5.41, 5.74) is 3.02. The normalized spacial score (nSPS) is 16.0. The Morgan fingerprint density at radius 2 is 2.09 bits per heavy atom. The fourth-order valence-corrected chi connectivity index (χ4v) is 3.55. The minimum atomic E-state index is -1.04. The van der Waals surface area contributed by atoms with Crippen LogP contribution in [-0.2, 0) is 19.4 Å². The molecule has 0 aliphatic carbocycles. The number of nitrogens with zero attached hydrogens (tertiary/aromatic N) is 1. The van der Waals surface area contributed by atoms with Crippen LogP contribution in [0.4, 0.5) is 4.39 Å². The fourth-order valence-electron chi connectivity index (χ4n) is 2.98. The zero-order chi connectivity index (χ0) is 16.4. The van der Waals surface area contributed by atoms with Crippen LogP contribution in [0.5, 0.6) is 11.5 Å². The van der Waals surface area contributed by atoms with Gasteiger partial charge >= 0.3 is 0 Å². The predicted molar refractivity (Wildman–Crippen MR) is 91.5 cm³/mol. The van der Waals surface area contributed by atoms with Crippen LogP contribution in [0.3, 0.4) is 0 Å². The Labute approximate surface area is 143 Å². The lowest BCUT2D eigenvalue weighted by Gasteiger charge is -2.32. The van der Waals surface area contributed by atoms with E-state index in [1.54, 1.807) is 0 Å². The molecule has 122 valence electrons. The van der Waals surface area contributed by atoms with Gasteiger partial charge < -0.3 is 9.84 Å². The third-order valence-electron chi connectivity index (χ3n) is 4.29. The lowest BCUT2D eigenvalue weighted by atomic mass is 9.98. The molecule has 0 radical (unpaired) electrons. The van der Waals surface area contributed by atoms with Crippen LogP contribution in [-0.4, -0.2) is 30.0 Å². The number of fused-ring (bicyclic) bond motifs is 1. The van der Waals surface area contributed by atoms with Gasteiger partial charge in [0, 0.05) is 19.5 Å². The molecule has 1 heterocycles. The number of hydrogen-bond acceptors (Lipinski definition) is 3. The van der Waals surface area contributed by atoms with E-state index in [4.69, 9.17) is 4.74 Å². The van der Waals surface area contributed by atoms with E-state index in [0.717, 1.165) is 23.1 Å². The summed E-state index contributed by atoms with van der Waals surface area (Å²) in [6.45, 7) is 1.13. The molecule has 1 aliphatic rings. The zero-order valence-electron chi connectivity index (χ0n) is 12.9. The van der Waals surface area contributed by atoms with Crippen LogP contribution in [0, 0.1) is 0 Å². The Morgan fingerprint density at radius 3 is 2.78 bits per heavy atom. The van der Waals surface area contributed by atoms with Gasteiger partial charge in [-0.15, -0.1) is 0 Å². The van der Waals surface area contributed by atoms with Gasteiger partial charge in [-0.3, -0.25) is 4.90 Å². The van der Waals surface area contributed by atoms with E-state index in [9.17, 15) is 9.50 Å². The Morgan fingerprint density at radius 1 is 1.35 bits per heavy atom. The maximum atomic E-state index is 14.7. The van der Waals surface area contributed by atoms with Crippen LogP contribution in [0.1, 0.15) is 16.7 Å². The summed E-state index contributed by atoms with van der Waals surface area (Å²) in [4.78, 5) is 1.81. The van der Waals surface area contributed by atoms with Crippen LogP contribution < -0.4 is 4.74 Å². The standard InChI is InChI=1S/C18H19BrFNO2/c1-23-15-10-13-7-8-21(11-14(13)17(19)18(15)22)16(20)9-12-5-3-2-4-6-12/h2-6,10,16,22H,7-9,11H2,1H3. The predicted octanol–water partition coefficient (Wildman–Crippen LogP) is 4.06. The average Bonchev–Trinajstić information content (AvgIpc) is 2.58. The van der Waals surface area contributed by atoms with E-state index in [1.807, 2.05) is 41.3 Å². The van der Waals surface area contributed by atoms with Crippen molar-refractivity contribution in [1.29, 1.82) is 0 Å². The first kappa shape index (κ1) is 16.3. The highest BCUT2D eigenvalue weighted by molar-refractivity contribution is 9.10. The average molecular weight is 380 g/mol. The SMILES string of the molecule is COc1cc2c(c(Br)c1O)CN(C(F)Cc1ccccc1)CC2. The van der Waals surface area contributed by atoms with Gasteiger partial charge in [0.2, 0.25) is 0 Å². The van der Waals surface area contributed by atoms with Gasteiger partial charge in [-0.05, 0) is 45.1 Å². The Balaban J connectivity index is 1.78. The Kier molecular flexibility index (Phi) is 4.87. The molecule has 5 heteroatoms. The molecule has 0 bridgehead atoms. The molecule has 1 aliphatic heterocycles. The van der Waals surface area contributed by atoms with Gasteiger partial charge in [0.15, 0.2) is 17.8 Å². The van der Waals surface area contributed by atoms with Crippen molar-refractivity contribution in [1.82, 2.24) is 4.90 Å². The topological polar surface area (TPSA) is 32.7 Å². The highest BCUT2D eigenvalue weighted by Gasteiger charge is 2.27. The van der Waals surface area contributed by atoms with E-state index in [1.165, 1.54) is 7.11 Å². The van der Waals surface area contributed by atoms with Crippen molar-refractivity contribution in [2.45, 2.75) is 25.7 Å². The first-order chi connectivity index (χ1) is 11.1. The summed E-state index contributed by atoms with van der Waals surface area (Å²) < 4.78 is 20.4. The van der Waals surface area contributed by atoms with Crippen molar-refractivity contribution in [2.24, 2.45) is 0 Å². The molecule has 3 rings (SSSR count). The maximum absolute atomic E-state index is 14.7. The van der Waals surface area contributed by atoms with Crippen LogP contribution >= 0.6 is 15.9 Å². The summed E-state index contributed by atoms with van der Waals surface area (Å²) >= 11 is 3.42. The van der Waals surface area contributed by atoms with Gasteiger partial charge in [-0.25, -0.2) is 4.39 Å². The number of phenolic OH excluding ortho intramolecular Hbond substituents is 1. The summed E-state index contributed by atoms with van der Waals surface area (Å²) in [6.07, 6.45) is 0.0668. The minimum Gasteiger partial charge on any atom is -0.503 e. The molecule has 23 heavy (non-hydrogen) atoms. The summed E-state index contributed by atoms with van der Waals surface area (Å²) in [5, 5.41) is 10.1. The first-order valence-corrected chi connectivity index (χ1v) is 8.38. The molecule has 1 atom stereocenters. The van der Waals surface area contributed by atoms with Gasteiger partial charge in [-0.1, -0.05) is 30.3 Å². The highest BCUT2D eigenvalue weighted by Crippen LogP contribution is 2.41. The lowest BCUT2D eigenvalue weighted by Crippen LogP contribution is -2.38. The fraction of sp³-hybridized carbons (Fsp3) is 0.333. The van der Waals surface area contributed by atoms with Crippen LogP contribution in [0.2, 0.25) is 0 Å². The number of halogens is 2. The molecule has 0 aromatic heterocycles. The van der Waals surface area contributed by atoms with Crippen molar-refractivity contribution < 1.29 is 14.2 Å². The minimum absolute atomic E-state index is 0.0755. The molecule has 0 saturated heterocycles. The monoisotopic (exact) mass is 379 g/mol. The molecule has 2 aromatic rings. The molecule has 0 spiro atoms. The Bertz CT molecular complexity index is 693. The molecular formula is C18H19BrFNO2. The van der Waals surface area contributed by atoms with Crippen LogP contribution in [0.15, 0.2) is 40.9 Å². The molecule has 3 nitrogen and oxygen atoms in total. The lowest BCUT2D eigenvalue weighted by molar-refractivity contribution is 0.0694. The van der Waals surface area contributed by atoms with Crippen molar-refractivity contribution in [3.8, 4) is 11.5 Å². The number of hydrogen-bond donors (Lipinski definition) is 1. The van der Waals surface area contributed by atoms with Gasteiger partial charge in [0.1, 0.15) is 0 Å². The van der Waals surface area contributed by atoms with Crippen molar-refractivity contribution >= 4 is 15.9 Å². The molecule has 1 N–H and O–H groups in total. The van der Waals surface area contributed by atoms with Gasteiger partial charge in [-0.2, -0.15) is 0 Å². The number of aromatic hydroxyl groups is 1. The van der Waals surface area contributed by atoms with E-state index in [-0.39, 0.29) is 5.75 Å². The Hall–Kier alpha value is -1.59. The second-order valence-electron chi connectivity index (χ2n) is 5.72. The number of phenols is 1. The number of rotatable bonds is 4. The second kappa shape index (κ2) is 6.89. The molecule has 2 aromatic carbocycles. The molecular weight excluding hydrogens is 361 g/mol. The maximum Gasteiger partial charge on any atom is 0.172 e. The van der Waals surface area contributed by atoms with E-state index < -0.39 is 6.30 Å². The summed E-state index contributed by atoms with van der Waals surface area (Å²) in [5.74, 6) is 0.525. The highest BCUT2D eigenvalue weighted by atomic mass is 79.9. The van der Waals surface area contributed by atoms with Crippen molar-refractivity contribution in [3.05, 3.63) is 57.6 Å². The molecule has 1 unspecified atom stereocenters. The second-order valence-corrected chi connectivity index (χ2v) is 6.52. The van der Waals surface area contributed by atoms with Crippen molar-refractivity contribution in [2.75, 3.05) is 13.7 Å². The third kappa shape index (κ3) is 3.35. The number of benzene rings is 2.